The molecule has 1 aromatic carbocycles. The van der Waals surface area contributed by atoms with E-state index in [0.29, 0.717) is 10.6 Å². The van der Waals surface area contributed by atoms with E-state index in [0.717, 1.165) is 0 Å². The van der Waals surface area contributed by atoms with Crippen molar-refractivity contribution in [1.82, 2.24) is 5.32 Å². The molecular formula is C11H11ClFNO3. The van der Waals surface area contributed by atoms with Gasteiger partial charge in [0, 0.05) is 10.6 Å². The maximum Gasteiger partial charge on any atom is 0.328 e. The van der Waals surface area contributed by atoms with Crippen molar-refractivity contribution in [3.63, 3.8) is 0 Å². The predicted octanol–water partition coefficient (Wildman–Crippen LogP) is 1.80. The summed E-state index contributed by atoms with van der Waals surface area (Å²) >= 11 is 5.82. The largest absolute Gasteiger partial charge is 0.480 e. The molecule has 4 nitrogen and oxygen atoms in total. The number of amides is 1. The molecule has 0 aliphatic carbocycles. The smallest absolute Gasteiger partial charge is 0.328 e. The monoisotopic (exact) mass is 259 g/mol. The van der Waals surface area contributed by atoms with E-state index in [9.17, 15) is 14.0 Å². The maximum atomic E-state index is 12.3. The number of carboxylic acids is 1. The summed E-state index contributed by atoms with van der Waals surface area (Å²) in [5.41, 5.74) is 0.756. The van der Waals surface area contributed by atoms with E-state index in [2.05, 4.69) is 5.32 Å². The first-order chi connectivity index (χ1) is 7.97. The molecule has 1 amide bonds. The van der Waals surface area contributed by atoms with Crippen LogP contribution in [0.25, 0.3) is 0 Å². The predicted molar refractivity (Wildman–Crippen MR) is 61.1 cm³/mol. The van der Waals surface area contributed by atoms with E-state index in [1.54, 1.807) is 19.1 Å². The topological polar surface area (TPSA) is 66.4 Å². The average molecular weight is 260 g/mol. The van der Waals surface area contributed by atoms with Crippen LogP contribution in [0, 0.1) is 6.92 Å². The van der Waals surface area contributed by atoms with Gasteiger partial charge >= 0.3 is 5.97 Å². The Bertz CT molecular complexity index is 450. The van der Waals surface area contributed by atoms with Crippen molar-refractivity contribution >= 4 is 23.5 Å². The van der Waals surface area contributed by atoms with Crippen LogP contribution in [0.2, 0.25) is 5.02 Å². The zero-order valence-corrected chi connectivity index (χ0v) is 9.79. The summed E-state index contributed by atoms with van der Waals surface area (Å²) in [4.78, 5) is 22.3. The Kier molecular flexibility index (Phi) is 4.45. The van der Waals surface area contributed by atoms with Crippen LogP contribution >= 0.6 is 11.6 Å². The number of nitrogens with one attached hydrogen (secondary N) is 1. The number of rotatable bonds is 4. The van der Waals surface area contributed by atoms with Crippen molar-refractivity contribution in [1.29, 1.82) is 0 Å². The van der Waals surface area contributed by atoms with Crippen LogP contribution in [0.15, 0.2) is 18.2 Å². The number of alkyl halides is 1. The number of hydrogen-bond donors (Lipinski definition) is 2. The fraction of sp³-hybridized carbons (Fsp3) is 0.273. The third-order valence-corrected chi connectivity index (χ3v) is 2.68. The lowest BCUT2D eigenvalue weighted by Gasteiger charge is -2.12. The van der Waals surface area contributed by atoms with Gasteiger partial charge in [-0.05, 0) is 24.6 Å². The zero-order valence-electron chi connectivity index (χ0n) is 9.04. The molecule has 17 heavy (non-hydrogen) atoms. The third-order valence-electron chi connectivity index (χ3n) is 2.27. The molecule has 6 heteroatoms. The van der Waals surface area contributed by atoms with Crippen LogP contribution in [0.5, 0.6) is 0 Å². The molecule has 0 aliphatic heterocycles. The first-order valence-corrected chi connectivity index (χ1v) is 5.20. The summed E-state index contributed by atoms with van der Waals surface area (Å²) < 4.78 is 12.3. The molecule has 1 atom stereocenters. The highest BCUT2D eigenvalue weighted by atomic mass is 35.5. The van der Waals surface area contributed by atoms with Crippen LogP contribution in [-0.4, -0.2) is 29.7 Å². The van der Waals surface area contributed by atoms with E-state index in [1.165, 1.54) is 6.07 Å². The lowest BCUT2D eigenvalue weighted by Crippen LogP contribution is -2.42. The van der Waals surface area contributed by atoms with Crippen LogP contribution in [-0.2, 0) is 4.79 Å². The van der Waals surface area contributed by atoms with E-state index in [-0.39, 0.29) is 5.56 Å². The second-order valence-electron chi connectivity index (χ2n) is 3.43. The zero-order chi connectivity index (χ0) is 13.0. The second-order valence-corrected chi connectivity index (χ2v) is 3.84. The third kappa shape index (κ3) is 3.17. The number of aliphatic carboxylic acids is 1. The van der Waals surface area contributed by atoms with Gasteiger partial charge in [0.15, 0.2) is 6.04 Å². The first-order valence-electron chi connectivity index (χ1n) is 4.82. The molecule has 0 aromatic heterocycles. The fourth-order valence-corrected chi connectivity index (χ4v) is 1.43. The molecular weight excluding hydrogens is 249 g/mol. The van der Waals surface area contributed by atoms with Crippen LogP contribution in [0.4, 0.5) is 4.39 Å². The van der Waals surface area contributed by atoms with Crippen molar-refractivity contribution < 1.29 is 19.1 Å². The number of carbonyl (C=O) groups excluding carboxylic acids is 1. The minimum Gasteiger partial charge on any atom is -0.480 e. The number of carbonyl (C=O) groups is 2. The number of benzene rings is 1. The number of halogens is 2. The van der Waals surface area contributed by atoms with Gasteiger partial charge in [0.05, 0.1) is 0 Å². The van der Waals surface area contributed by atoms with Crippen LogP contribution in [0.3, 0.4) is 0 Å². The minimum absolute atomic E-state index is 0.234. The molecule has 0 aliphatic rings. The van der Waals surface area contributed by atoms with E-state index < -0.39 is 24.6 Å². The first kappa shape index (κ1) is 13.4. The molecule has 0 saturated heterocycles. The lowest BCUT2D eigenvalue weighted by atomic mass is 10.1. The Balaban J connectivity index is 2.90. The van der Waals surface area contributed by atoms with Gasteiger partial charge in [-0.2, -0.15) is 0 Å². The van der Waals surface area contributed by atoms with Gasteiger partial charge in [0.1, 0.15) is 6.67 Å². The average Bonchev–Trinajstić information content (AvgIpc) is 2.28. The standard InChI is InChI=1S/C11H11ClFNO3/c1-6-7(3-2-4-8(6)12)10(15)14-9(5-13)11(16)17/h2-4,9H,5H2,1H3,(H,14,15)(H,16,17). The normalized spacial score (nSPS) is 11.9. The molecule has 92 valence electrons. The lowest BCUT2D eigenvalue weighted by molar-refractivity contribution is -0.139. The molecule has 0 bridgehead atoms. The molecule has 0 fully saturated rings. The van der Waals surface area contributed by atoms with Gasteiger partial charge in [0.2, 0.25) is 0 Å². The van der Waals surface area contributed by atoms with Crippen molar-refractivity contribution in [2.24, 2.45) is 0 Å². The Hall–Kier alpha value is -1.62. The quantitative estimate of drug-likeness (QED) is 0.866. The fourth-order valence-electron chi connectivity index (χ4n) is 1.26. The highest BCUT2D eigenvalue weighted by molar-refractivity contribution is 6.31. The Labute approximate surface area is 102 Å². The van der Waals surface area contributed by atoms with Crippen molar-refractivity contribution in [2.75, 3.05) is 6.67 Å². The van der Waals surface area contributed by atoms with Gasteiger partial charge in [-0.15, -0.1) is 0 Å². The van der Waals surface area contributed by atoms with E-state index in [4.69, 9.17) is 16.7 Å². The van der Waals surface area contributed by atoms with Crippen LogP contribution < -0.4 is 5.32 Å². The maximum absolute atomic E-state index is 12.3. The minimum atomic E-state index is -1.54. The van der Waals surface area contributed by atoms with Crippen molar-refractivity contribution in [3.05, 3.63) is 34.3 Å². The van der Waals surface area contributed by atoms with Gasteiger partial charge in [-0.1, -0.05) is 17.7 Å². The van der Waals surface area contributed by atoms with Gasteiger partial charge in [-0.3, -0.25) is 4.79 Å². The summed E-state index contributed by atoms with van der Waals surface area (Å²) in [5, 5.41) is 11.1. The molecule has 0 spiro atoms. The highest BCUT2D eigenvalue weighted by Crippen LogP contribution is 2.18. The second kappa shape index (κ2) is 5.63. The van der Waals surface area contributed by atoms with E-state index >= 15 is 0 Å². The van der Waals surface area contributed by atoms with E-state index in [1.807, 2.05) is 0 Å². The van der Waals surface area contributed by atoms with Crippen molar-refractivity contribution in [3.8, 4) is 0 Å². The summed E-state index contributed by atoms with van der Waals surface area (Å²) in [6.07, 6.45) is 0. The molecule has 1 unspecified atom stereocenters. The van der Waals surface area contributed by atoms with Gasteiger partial charge in [0.25, 0.3) is 5.91 Å². The summed E-state index contributed by atoms with van der Waals surface area (Å²) in [6.45, 7) is 0.461. The summed E-state index contributed by atoms with van der Waals surface area (Å²) in [6, 6.07) is 3.13. The van der Waals surface area contributed by atoms with Crippen molar-refractivity contribution in [2.45, 2.75) is 13.0 Å². The molecule has 0 saturated carbocycles. The van der Waals surface area contributed by atoms with Crippen LogP contribution in [0.1, 0.15) is 15.9 Å². The Morgan fingerprint density at radius 2 is 2.18 bits per heavy atom. The summed E-state index contributed by atoms with van der Waals surface area (Å²) in [7, 11) is 0. The molecule has 1 rings (SSSR count). The summed E-state index contributed by atoms with van der Waals surface area (Å²) in [5.74, 6) is -2.07. The number of hydrogen-bond acceptors (Lipinski definition) is 2. The Morgan fingerprint density at radius 3 is 2.71 bits per heavy atom. The molecule has 0 heterocycles. The number of carboxylic acid groups (broad SMARTS) is 1. The highest BCUT2D eigenvalue weighted by Gasteiger charge is 2.21. The molecule has 0 radical (unpaired) electrons. The molecule has 1 aromatic rings. The SMILES string of the molecule is Cc1c(Cl)cccc1C(=O)NC(CF)C(=O)O. The Morgan fingerprint density at radius 1 is 1.53 bits per heavy atom. The van der Waals surface area contributed by atoms with Gasteiger partial charge < -0.3 is 10.4 Å². The van der Waals surface area contributed by atoms with Gasteiger partial charge in [-0.25, -0.2) is 9.18 Å². The molecule has 2 N–H and O–H groups in total.